The molecule has 2 heterocycles. The number of anilines is 1. The molecule has 3 heteroatoms. The second-order valence-electron chi connectivity index (χ2n) is 6.47. The zero-order valence-corrected chi connectivity index (χ0v) is 13.4. The van der Waals surface area contributed by atoms with Crippen molar-refractivity contribution in [1.82, 2.24) is 9.97 Å². The lowest BCUT2D eigenvalue weighted by Gasteiger charge is -2.30. The van der Waals surface area contributed by atoms with E-state index in [1.807, 2.05) is 12.3 Å². The molecular formula is C20H21N3. The van der Waals surface area contributed by atoms with Crippen molar-refractivity contribution < 1.29 is 0 Å². The summed E-state index contributed by atoms with van der Waals surface area (Å²) in [5, 5.41) is 2.51. The molecule has 0 unspecified atom stereocenters. The summed E-state index contributed by atoms with van der Waals surface area (Å²) in [7, 11) is 0. The Morgan fingerprint density at radius 2 is 1.74 bits per heavy atom. The van der Waals surface area contributed by atoms with Gasteiger partial charge in [0.05, 0.1) is 5.69 Å². The van der Waals surface area contributed by atoms with E-state index in [-0.39, 0.29) is 0 Å². The average molecular weight is 303 g/mol. The van der Waals surface area contributed by atoms with Gasteiger partial charge in [0.15, 0.2) is 0 Å². The summed E-state index contributed by atoms with van der Waals surface area (Å²) in [6.45, 7) is 4.44. The molecule has 1 saturated heterocycles. The molecule has 0 saturated carbocycles. The molecule has 2 aromatic carbocycles. The molecule has 3 aromatic rings. The number of benzene rings is 2. The van der Waals surface area contributed by atoms with Gasteiger partial charge in [-0.25, -0.2) is 9.97 Å². The van der Waals surface area contributed by atoms with E-state index in [4.69, 9.17) is 4.98 Å². The van der Waals surface area contributed by atoms with Gasteiger partial charge in [0.2, 0.25) is 5.95 Å². The van der Waals surface area contributed by atoms with Crippen LogP contribution in [0.1, 0.15) is 19.8 Å². The predicted octanol–water partition coefficient (Wildman–Crippen LogP) is 4.53. The van der Waals surface area contributed by atoms with Gasteiger partial charge in [0.25, 0.3) is 0 Å². The van der Waals surface area contributed by atoms with Crippen LogP contribution < -0.4 is 4.90 Å². The Balaban J connectivity index is 1.67. The molecule has 0 radical (unpaired) electrons. The molecule has 0 aliphatic carbocycles. The van der Waals surface area contributed by atoms with Crippen molar-refractivity contribution in [2.45, 2.75) is 19.8 Å². The number of hydrogen-bond donors (Lipinski definition) is 0. The minimum Gasteiger partial charge on any atom is -0.341 e. The average Bonchev–Trinajstić information content (AvgIpc) is 2.62. The van der Waals surface area contributed by atoms with E-state index in [1.165, 1.54) is 23.6 Å². The summed E-state index contributed by atoms with van der Waals surface area (Å²) in [5.74, 6) is 1.68. The first-order valence-corrected chi connectivity index (χ1v) is 8.37. The van der Waals surface area contributed by atoms with Crippen molar-refractivity contribution >= 4 is 16.7 Å². The third-order valence-corrected chi connectivity index (χ3v) is 4.75. The summed E-state index contributed by atoms with van der Waals surface area (Å²) in [6, 6.07) is 16.9. The van der Waals surface area contributed by atoms with Gasteiger partial charge in [0, 0.05) is 24.8 Å². The van der Waals surface area contributed by atoms with E-state index >= 15 is 0 Å². The SMILES string of the molecule is CC1CCN(c2nccc(-c3ccc4ccccc4c3)n2)CC1. The Kier molecular flexibility index (Phi) is 3.70. The van der Waals surface area contributed by atoms with Gasteiger partial charge >= 0.3 is 0 Å². The van der Waals surface area contributed by atoms with Gasteiger partial charge < -0.3 is 4.90 Å². The van der Waals surface area contributed by atoms with Crippen LogP contribution in [0.4, 0.5) is 5.95 Å². The highest BCUT2D eigenvalue weighted by atomic mass is 15.2. The summed E-state index contributed by atoms with van der Waals surface area (Å²) in [6.07, 6.45) is 4.33. The molecular weight excluding hydrogens is 282 g/mol. The van der Waals surface area contributed by atoms with Crippen molar-refractivity contribution in [2.75, 3.05) is 18.0 Å². The monoisotopic (exact) mass is 303 g/mol. The van der Waals surface area contributed by atoms with Crippen molar-refractivity contribution in [2.24, 2.45) is 5.92 Å². The maximum absolute atomic E-state index is 4.81. The number of fused-ring (bicyclic) bond motifs is 1. The summed E-state index contributed by atoms with van der Waals surface area (Å²) >= 11 is 0. The van der Waals surface area contributed by atoms with Gasteiger partial charge in [-0.15, -0.1) is 0 Å². The first kappa shape index (κ1) is 14.2. The van der Waals surface area contributed by atoms with Crippen LogP contribution in [0.25, 0.3) is 22.0 Å². The molecule has 23 heavy (non-hydrogen) atoms. The van der Waals surface area contributed by atoms with Crippen molar-refractivity contribution in [3.63, 3.8) is 0 Å². The predicted molar refractivity (Wildman–Crippen MR) is 95.6 cm³/mol. The Morgan fingerprint density at radius 1 is 0.957 bits per heavy atom. The highest BCUT2D eigenvalue weighted by Crippen LogP contribution is 2.25. The Bertz CT molecular complexity index is 820. The largest absolute Gasteiger partial charge is 0.341 e. The lowest BCUT2D eigenvalue weighted by molar-refractivity contribution is 0.434. The van der Waals surface area contributed by atoms with Crippen molar-refractivity contribution in [1.29, 1.82) is 0 Å². The minimum atomic E-state index is 0.815. The van der Waals surface area contributed by atoms with E-state index in [2.05, 4.69) is 59.3 Å². The Morgan fingerprint density at radius 3 is 2.57 bits per heavy atom. The molecule has 0 amide bonds. The fraction of sp³-hybridized carbons (Fsp3) is 0.300. The minimum absolute atomic E-state index is 0.815. The van der Waals surface area contributed by atoms with E-state index in [9.17, 15) is 0 Å². The van der Waals surface area contributed by atoms with E-state index in [1.54, 1.807) is 0 Å². The number of aromatic nitrogens is 2. The second kappa shape index (κ2) is 5.99. The number of rotatable bonds is 2. The van der Waals surface area contributed by atoms with Crippen molar-refractivity contribution in [3.8, 4) is 11.3 Å². The van der Waals surface area contributed by atoms with E-state index in [0.29, 0.717) is 0 Å². The molecule has 1 fully saturated rings. The van der Waals surface area contributed by atoms with Crippen LogP contribution in [-0.2, 0) is 0 Å². The van der Waals surface area contributed by atoms with Gasteiger partial charge in [0.1, 0.15) is 0 Å². The number of nitrogens with zero attached hydrogens (tertiary/aromatic N) is 3. The molecule has 0 spiro atoms. The second-order valence-corrected chi connectivity index (χ2v) is 6.47. The summed E-state index contributed by atoms with van der Waals surface area (Å²) in [4.78, 5) is 11.6. The summed E-state index contributed by atoms with van der Waals surface area (Å²) < 4.78 is 0. The van der Waals surface area contributed by atoms with Gasteiger partial charge in [-0.3, -0.25) is 0 Å². The van der Waals surface area contributed by atoms with Gasteiger partial charge in [-0.1, -0.05) is 43.3 Å². The zero-order chi connectivity index (χ0) is 15.6. The Labute approximate surface area is 137 Å². The third-order valence-electron chi connectivity index (χ3n) is 4.75. The van der Waals surface area contributed by atoms with Crippen LogP contribution >= 0.6 is 0 Å². The van der Waals surface area contributed by atoms with Crippen LogP contribution in [0.15, 0.2) is 54.7 Å². The lowest BCUT2D eigenvalue weighted by Crippen LogP contribution is -2.34. The normalized spacial score (nSPS) is 16.0. The molecule has 4 rings (SSSR count). The first-order valence-electron chi connectivity index (χ1n) is 8.37. The topological polar surface area (TPSA) is 29.0 Å². The van der Waals surface area contributed by atoms with Crippen LogP contribution in [-0.4, -0.2) is 23.1 Å². The van der Waals surface area contributed by atoms with Gasteiger partial charge in [-0.05, 0) is 41.7 Å². The zero-order valence-electron chi connectivity index (χ0n) is 13.4. The third kappa shape index (κ3) is 2.91. The number of piperidine rings is 1. The van der Waals surface area contributed by atoms with E-state index in [0.717, 1.165) is 36.2 Å². The maximum atomic E-state index is 4.81. The standard InChI is InChI=1S/C20H21N3/c1-15-9-12-23(13-10-15)20-21-11-8-19(22-20)18-7-6-16-4-2-3-5-17(16)14-18/h2-8,11,14-15H,9-10,12-13H2,1H3. The molecule has 1 aliphatic rings. The molecule has 1 aliphatic heterocycles. The van der Waals surface area contributed by atoms with Crippen LogP contribution in [0, 0.1) is 5.92 Å². The maximum Gasteiger partial charge on any atom is 0.225 e. The van der Waals surface area contributed by atoms with Crippen molar-refractivity contribution in [3.05, 3.63) is 54.7 Å². The lowest BCUT2D eigenvalue weighted by atomic mass is 10.00. The highest BCUT2D eigenvalue weighted by Gasteiger charge is 2.18. The fourth-order valence-electron chi connectivity index (χ4n) is 3.22. The quantitative estimate of drug-likeness (QED) is 0.696. The molecule has 0 atom stereocenters. The molecule has 0 N–H and O–H groups in total. The van der Waals surface area contributed by atoms with Crippen LogP contribution in [0.5, 0.6) is 0 Å². The van der Waals surface area contributed by atoms with Crippen LogP contribution in [0.3, 0.4) is 0 Å². The van der Waals surface area contributed by atoms with E-state index < -0.39 is 0 Å². The molecule has 1 aromatic heterocycles. The molecule has 3 nitrogen and oxygen atoms in total. The van der Waals surface area contributed by atoms with Crippen LogP contribution in [0.2, 0.25) is 0 Å². The molecule has 116 valence electrons. The number of hydrogen-bond acceptors (Lipinski definition) is 3. The Hall–Kier alpha value is -2.42. The molecule has 0 bridgehead atoms. The fourth-order valence-corrected chi connectivity index (χ4v) is 3.22. The smallest absolute Gasteiger partial charge is 0.225 e. The van der Waals surface area contributed by atoms with Gasteiger partial charge in [-0.2, -0.15) is 0 Å². The highest BCUT2D eigenvalue weighted by molar-refractivity contribution is 5.86. The first-order chi connectivity index (χ1) is 11.3. The summed E-state index contributed by atoms with van der Waals surface area (Å²) in [5.41, 5.74) is 2.15.